The van der Waals surface area contributed by atoms with Gasteiger partial charge in [0, 0.05) is 20.4 Å². The molecule has 1 atom stereocenters. The van der Waals surface area contributed by atoms with Gasteiger partial charge >= 0.3 is 6.80 Å². The van der Waals surface area contributed by atoms with Crippen molar-refractivity contribution >= 4 is 46.6 Å². The zero-order valence-corrected chi connectivity index (χ0v) is 18.5. The number of carbonyl (C=O) groups excluding carboxylic acids is 1. The Hall–Kier alpha value is -0.820. The van der Waals surface area contributed by atoms with Gasteiger partial charge in [-0.05, 0) is 64.5 Å². The summed E-state index contributed by atoms with van der Waals surface area (Å²) in [5, 5.41) is 0. The lowest BCUT2D eigenvalue weighted by atomic mass is 10.1. The van der Waals surface area contributed by atoms with Crippen LogP contribution in [0.3, 0.4) is 0 Å². The lowest BCUT2D eigenvalue weighted by Crippen LogP contribution is -2.03. The van der Waals surface area contributed by atoms with Gasteiger partial charge in [0.25, 0.3) is 0 Å². The molecule has 0 bridgehead atoms. The summed E-state index contributed by atoms with van der Waals surface area (Å²) in [5.41, 5.74) is 2.89. The Morgan fingerprint density at radius 3 is 2.46 bits per heavy atom. The second-order valence-corrected chi connectivity index (χ2v) is 11.2. The molecule has 1 aliphatic rings. The summed E-state index contributed by atoms with van der Waals surface area (Å²) in [5.74, 6) is 0.915. The number of hydrogen-bond donors (Lipinski definition) is 0. The predicted octanol–water partition coefficient (Wildman–Crippen LogP) is 6.56. The van der Waals surface area contributed by atoms with Gasteiger partial charge in [-0.2, -0.15) is 0 Å². The van der Waals surface area contributed by atoms with Crippen LogP contribution in [0.2, 0.25) is 0 Å². The highest BCUT2D eigenvalue weighted by Crippen LogP contribution is 2.61. The highest BCUT2D eigenvalue weighted by atomic mass is 127. The van der Waals surface area contributed by atoms with Crippen LogP contribution in [0.5, 0.6) is 5.75 Å². The molecule has 0 amide bonds. The van der Waals surface area contributed by atoms with Crippen LogP contribution in [0.15, 0.2) is 36.4 Å². The summed E-state index contributed by atoms with van der Waals surface area (Å²) >= 11 is 3.41. The molecule has 2 aromatic rings. The van der Waals surface area contributed by atoms with Crippen LogP contribution in [-0.4, -0.2) is 18.1 Å². The van der Waals surface area contributed by atoms with Crippen molar-refractivity contribution in [2.45, 2.75) is 26.7 Å². The average Bonchev–Trinajstić information content (AvgIpc) is 2.95. The Labute approximate surface area is 171 Å². The molecule has 0 radical (unpaired) electrons. The van der Waals surface area contributed by atoms with E-state index in [0.717, 1.165) is 27.5 Å². The van der Waals surface area contributed by atoms with Crippen molar-refractivity contribution in [2.75, 3.05) is 12.4 Å². The minimum Gasteiger partial charge on any atom is -0.416 e. The minimum atomic E-state index is -3.38. The van der Waals surface area contributed by atoms with Crippen molar-refractivity contribution in [3.05, 3.63) is 51.1 Å². The van der Waals surface area contributed by atoms with Gasteiger partial charge in [0.1, 0.15) is 5.75 Å². The van der Waals surface area contributed by atoms with Crippen LogP contribution in [-0.2, 0) is 9.09 Å². The Bertz CT molecular complexity index is 872. The van der Waals surface area contributed by atoms with E-state index in [-0.39, 0.29) is 5.78 Å². The molecule has 7 heteroatoms. The molecule has 0 heterocycles. The molecule has 138 valence electrons. The number of hydrogen-bond acceptors (Lipinski definition) is 5. The van der Waals surface area contributed by atoms with Gasteiger partial charge in [0.2, 0.25) is 0 Å². The average molecular weight is 502 g/mol. The van der Waals surface area contributed by atoms with Crippen molar-refractivity contribution in [3.8, 4) is 16.9 Å². The van der Waals surface area contributed by atoms with Crippen LogP contribution >= 0.6 is 40.8 Å². The van der Waals surface area contributed by atoms with Gasteiger partial charge in [-0.1, -0.05) is 38.1 Å². The summed E-state index contributed by atoms with van der Waals surface area (Å²) in [4.78, 5) is 13.0. The van der Waals surface area contributed by atoms with Crippen molar-refractivity contribution in [1.82, 2.24) is 0 Å². The first-order valence-corrected chi connectivity index (χ1v) is 12.8. The first-order chi connectivity index (χ1) is 12.5. The molecule has 0 aromatic heterocycles. The SMILES string of the molecule is CCCOP(=O)(Oc1ccc(I)c2c1C(=O)c1ccccc1-2)SCCC. The molecule has 3 rings (SSSR count). The summed E-state index contributed by atoms with van der Waals surface area (Å²) in [7, 11) is 0. The molecule has 4 nitrogen and oxygen atoms in total. The van der Waals surface area contributed by atoms with Crippen molar-refractivity contribution in [2.24, 2.45) is 0 Å². The Balaban J connectivity index is 2.03. The van der Waals surface area contributed by atoms with E-state index in [4.69, 9.17) is 9.05 Å². The number of halogens is 1. The topological polar surface area (TPSA) is 52.6 Å². The van der Waals surface area contributed by atoms with Crippen LogP contribution in [0, 0.1) is 3.57 Å². The largest absolute Gasteiger partial charge is 0.440 e. The van der Waals surface area contributed by atoms with E-state index < -0.39 is 6.80 Å². The Morgan fingerprint density at radius 1 is 1.04 bits per heavy atom. The first kappa shape index (κ1) is 19.9. The molecule has 1 unspecified atom stereocenters. The quantitative estimate of drug-likeness (QED) is 0.258. The molecule has 0 N–H and O–H groups in total. The van der Waals surface area contributed by atoms with Gasteiger partial charge in [-0.15, -0.1) is 0 Å². The third kappa shape index (κ3) is 3.88. The smallest absolute Gasteiger partial charge is 0.416 e. The fraction of sp³-hybridized carbons (Fsp3) is 0.316. The molecule has 0 saturated carbocycles. The van der Waals surface area contributed by atoms with Gasteiger partial charge in [-0.25, -0.2) is 4.57 Å². The zero-order valence-electron chi connectivity index (χ0n) is 14.7. The highest BCUT2D eigenvalue weighted by Gasteiger charge is 2.35. The second kappa shape index (κ2) is 8.46. The van der Waals surface area contributed by atoms with Gasteiger partial charge in [0.15, 0.2) is 5.78 Å². The first-order valence-electron chi connectivity index (χ1n) is 8.56. The van der Waals surface area contributed by atoms with E-state index in [1.165, 1.54) is 11.4 Å². The van der Waals surface area contributed by atoms with E-state index in [1.807, 2.05) is 44.2 Å². The summed E-state index contributed by atoms with van der Waals surface area (Å²) < 4.78 is 25.6. The molecule has 1 aliphatic carbocycles. The molecular weight excluding hydrogens is 482 g/mol. The predicted molar refractivity (Wildman–Crippen MR) is 115 cm³/mol. The van der Waals surface area contributed by atoms with Crippen LogP contribution in [0.4, 0.5) is 0 Å². The van der Waals surface area contributed by atoms with Gasteiger partial charge in [-0.3, -0.25) is 9.32 Å². The fourth-order valence-electron chi connectivity index (χ4n) is 2.77. The molecule has 26 heavy (non-hydrogen) atoms. The molecule has 0 aliphatic heterocycles. The van der Waals surface area contributed by atoms with E-state index in [0.29, 0.717) is 29.2 Å². The lowest BCUT2D eigenvalue weighted by molar-refractivity contribution is 0.104. The number of benzene rings is 2. The van der Waals surface area contributed by atoms with Crippen LogP contribution < -0.4 is 4.52 Å². The molecule has 0 saturated heterocycles. The number of rotatable bonds is 8. The van der Waals surface area contributed by atoms with Crippen molar-refractivity contribution in [1.29, 1.82) is 0 Å². The number of fused-ring (bicyclic) bond motifs is 3. The van der Waals surface area contributed by atoms with Gasteiger partial charge < -0.3 is 4.52 Å². The maximum Gasteiger partial charge on any atom is 0.440 e. The van der Waals surface area contributed by atoms with Crippen LogP contribution in [0.1, 0.15) is 42.6 Å². The summed E-state index contributed by atoms with van der Waals surface area (Å²) in [6.07, 6.45) is 1.61. The minimum absolute atomic E-state index is 0.0911. The summed E-state index contributed by atoms with van der Waals surface area (Å²) in [6.45, 7) is 0.944. The summed E-state index contributed by atoms with van der Waals surface area (Å²) in [6, 6.07) is 11.1. The van der Waals surface area contributed by atoms with Crippen LogP contribution in [0.25, 0.3) is 11.1 Å². The molecular formula is C19H20IO4PS. The zero-order chi connectivity index (χ0) is 18.7. The maximum atomic E-state index is 13.2. The fourth-order valence-corrected chi connectivity index (χ4v) is 6.96. The maximum absolute atomic E-state index is 13.2. The van der Waals surface area contributed by atoms with E-state index >= 15 is 0 Å². The third-order valence-corrected chi connectivity index (χ3v) is 8.66. The monoisotopic (exact) mass is 502 g/mol. The highest BCUT2D eigenvalue weighted by molar-refractivity contribution is 14.1. The number of carbonyl (C=O) groups is 1. The van der Waals surface area contributed by atoms with Crippen molar-refractivity contribution in [3.63, 3.8) is 0 Å². The standard InChI is InChI=1S/C19H20IO4PS/c1-3-11-23-25(22,26-12-4-2)24-16-10-9-15(20)17-13-7-5-6-8-14(13)19(21)18(16)17/h5-10H,3-4,11-12H2,1-2H3. The lowest BCUT2D eigenvalue weighted by Gasteiger charge is -2.19. The van der Waals surface area contributed by atoms with Gasteiger partial charge in [0.05, 0.1) is 12.2 Å². The molecule has 2 aromatic carbocycles. The molecule has 0 fully saturated rings. The Morgan fingerprint density at radius 2 is 1.77 bits per heavy atom. The number of ketones is 1. The van der Waals surface area contributed by atoms with E-state index in [2.05, 4.69) is 22.6 Å². The van der Waals surface area contributed by atoms with E-state index in [9.17, 15) is 9.36 Å². The Kier molecular flexibility index (Phi) is 6.49. The third-order valence-electron chi connectivity index (χ3n) is 3.90. The molecule has 0 spiro atoms. The second-order valence-electron chi connectivity index (χ2n) is 5.88. The van der Waals surface area contributed by atoms with E-state index in [1.54, 1.807) is 6.07 Å². The van der Waals surface area contributed by atoms with Crippen molar-refractivity contribution < 1.29 is 18.4 Å². The normalized spacial score (nSPS) is 14.7.